The lowest BCUT2D eigenvalue weighted by molar-refractivity contribution is -0.118. The van der Waals surface area contributed by atoms with Gasteiger partial charge >= 0.3 is 0 Å². The summed E-state index contributed by atoms with van der Waals surface area (Å²) in [6, 6.07) is 0. The van der Waals surface area contributed by atoms with E-state index < -0.39 is 0 Å². The standard InChI is InChI=1S/C7H12N4OS2/c1-2-3-9-5(12)4-13-7-11-10-6(8)14-7/h2-4H2,1H3,(H2,8,10)(H,9,12). The number of carbonyl (C=O) groups is 1. The molecule has 0 bridgehead atoms. The smallest absolute Gasteiger partial charge is 0.230 e. The highest BCUT2D eigenvalue weighted by Crippen LogP contribution is 2.22. The van der Waals surface area contributed by atoms with E-state index in [0.29, 0.717) is 10.9 Å². The van der Waals surface area contributed by atoms with Crippen LogP contribution in [0.2, 0.25) is 0 Å². The number of nitrogen functional groups attached to an aromatic ring is 1. The summed E-state index contributed by atoms with van der Waals surface area (Å²) >= 11 is 2.64. The number of aromatic nitrogens is 2. The molecule has 0 aliphatic rings. The molecule has 1 amide bonds. The van der Waals surface area contributed by atoms with E-state index in [4.69, 9.17) is 5.73 Å². The van der Waals surface area contributed by atoms with Crippen molar-refractivity contribution < 1.29 is 4.79 Å². The molecule has 1 rings (SSSR count). The first-order chi connectivity index (χ1) is 6.72. The lowest BCUT2D eigenvalue weighted by Crippen LogP contribution is -2.25. The predicted molar refractivity (Wildman–Crippen MR) is 58.3 cm³/mol. The highest BCUT2D eigenvalue weighted by molar-refractivity contribution is 8.01. The quantitative estimate of drug-likeness (QED) is 0.732. The van der Waals surface area contributed by atoms with Crippen molar-refractivity contribution in [1.29, 1.82) is 0 Å². The normalized spacial score (nSPS) is 10.1. The van der Waals surface area contributed by atoms with Gasteiger partial charge in [-0.3, -0.25) is 4.79 Å². The van der Waals surface area contributed by atoms with Gasteiger partial charge in [-0.2, -0.15) is 0 Å². The van der Waals surface area contributed by atoms with E-state index in [2.05, 4.69) is 15.5 Å². The minimum absolute atomic E-state index is 0.0191. The SMILES string of the molecule is CCCNC(=O)CSc1nnc(N)s1. The Balaban J connectivity index is 2.23. The summed E-state index contributed by atoms with van der Waals surface area (Å²) in [5.74, 6) is 0.389. The van der Waals surface area contributed by atoms with Crippen molar-refractivity contribution in [2.24, 2.45) is 0 Å². The van der Waals surface area contributed by atoms with Crippen molar-refractivity contribution >= 4 is 34.1 Å². The first kappa shape index (κ1) is 11.3. The Bertz CT molecular complexity index is 302. The van der Waals surface area contributed by atoms with Gasteiger partial charge in [0.05, 0.1) is 5.75 Å². The number of anilines is 1. The van der Waals surface area contributed by atoms with Crippen LogP contribution < -0.4 is 11.1 Å². The topological polar surface area (TPSA) is 80.9 Å². The van der Waals surface area contributed by atoms with Gasteiger partial charge in [0.2, 0.25) is 11.0 Å². The Morgan fingerprint density at radius 2 is 2.43 bits per heavy atom. The third-order valence-corrected chi connectivity index (χ3v) is 3.21. The average molecular weight is 232 g/mol. The van der Waals surface area contributed by atoms with Crippen LogP contribution in [0.1, 0.15) is 13.3 Å². The second kappa shape index (κ2) is 5.82. The zero-order chi connectivity index (χ0) is 10.4. The Kier molecular flexibility index (Phi) is 4.68. The van der Waals surface area contributed by atoms with E-state index in [-0.39, 0.29) is 5.91 Å². The van der Waals surface area contributed by atoms with Crippen LogP contribution in [0.4, 0.5) is 5.13 Å². The molecule has 0 aliphatic carbocycles. The van der Waals surface area contributed by atoms with Crippen LogP contribution in [0.15, 0.2) is 4.34 Å². The maximum Gasteiger partial charge on any atom is 0.230 e. The molecule has 1 aromatic rings. The lowest BCUT2D eigenvalue weighted by atomic mass is 10.5. The van der Waals surface area contributed by atoms with Crippen LogP contribution in [-0.2, 0) is 4.79 Å². The minimum atomic E-state index is 0.0191. The second-order valence-electron chi connectivity index (χ2n) is 2.54. The van der Waals surface area contributed by atoms with Crippen molar-refractivity contribution in [1.82, 2.24) is 15.5 Å². The maximum absolute atomic E-state index is 11.2. The second-order valence-corrected chi connectivity index (χ2v) is 4.78. The third kappa shape index (κ3) is 3.93. The lowest BCUT2D eigenvalue weighted by Gasteiger charge is -2.00. The fourth-order valence-corrected chi connectivity index (χ4v) is 2.19. The Morgan fingerprint density at radius 1 is 1.64 bits per heavy atom. The van der Waals surface area contributed by atoms with Crippen molar-refractivity contribution in [2.75, 3.05) is 18.0 Å². The van der Waals surface area contributed by atoms with Crippen LogP contribution in [0.25, 0.3) is 0 Å². The summed E-state index contributed by atoms with van der Waals surface area (Å²) in [6.07, 6.45) is 0.947. The highest BCUT2D eigenvalue weighted by Gasteiger charge is 2.05. The number of hydrogen-bond acceptors (Lipinski definition) is 6. The molecule has 0 radical (unpaired) electrons. The highest BCUT2D eigenvalue weighted by atomic mass is 32.2. The molecular formula is C7H12N4OS2. The average Bonchev–Trinajstić information content (AvgIpc) is 2.58. The summed E-state index contributed by atoms with van der Waals surface area (Å²) in [5, 5.41) is 10.7. The van der Waals surface area contributed by atoms with E-state index in [1.54, 1.807) is 0 Å². The maximum atomic E-state index is 11.2. The van der Waals surface area contributed by atoms with E-state index in [1.165, 1.54) is 23.1 Å². The largest absolute Gasteiger partial charge is 0.374 e. The van der Waals surface area contributed by atoms with Gasteiger partial charge in [-0.25, -0.2) is 0 Å². The molecule has 14 heavy (non-hydrogen) atoms. The number of hydrogen-bond donors (Lipinski definition) is 2. The van der Waals surface area contributed by atoms with Gasteiger partial charge in [-0.1, -0.05) is 30.0 Å². The van der Waals surface area contributed by atoms with Crippen LogP contribution >= 0.6 is 23.1 Å². The molecule has 7 heteroatoms. The van der Waals surface area contributed by atoms with Gasteiger partial charge in [-0.05, 0) is 6.42 Å². The molecule has 1 heterocycles. The molecule has 78 valence electrons. The van der Waals surface area contributed by atoms with Gasteiger partial charge in [0.15, 0.2) is 4.34 Å². The van der Waals surface area contributed by atoms with E-state index in [9.17, 15) is 4.79 Å². The molecule has 0 saturated heterocycles. The van der Waals surface area contributed by atoms with Crippen LogP contribution in [-0.4, -0.2) is 28.4 Å². The fourth-order valence-electron chi connectivity index (χ4n) is 0.721. The Labute approximate surface area is 90.5 Å². The van der Waals surface area contributed by atoms with Crippen molar-refractivity contribution in [3.05, 3.63) is 0 Å². The minimum Gasteiger partial charge on any atom is -0.374 e. The van der Waals surface area contributed by atoms with Crippen molar-refractivity contribution in [3.63, 3.8) is 0 Å². The van der Waals surface area contributed by atoms with E-state index in [1.807, 2.05) is 6.92 Å². The number of rotatable bonds is 5. The van der Waals surface area contributed by atoms with E-state index >= 15 is 0 Å². The predicted octanol–water partition coefficient (Wildman–Crippen LogP) is 0.739. The third-order valence-electron chi connectivity index (χ3n) is 1.32. The van der Waals surface area contributed by atoms with Gasteiger partial charge < -0.3 is 11.1 Å². The van der Waals surface area contributed by atoms with Crippen molar-refractivity contribution in [3.8, 4) is 0 Å². The van der Waals surface area contributed by atoms with Crippen LogP contribution in [0.5, 0.6) is 0 Å². The Hall–Kier alpha value is -0.820. The number of nitrogens with one attached hydrogen (secondary N) is 1. The van der Waals surface area contributed by atoms with Crippen LogP contribution in [0.3, 0.4) is 0 Å². The molecular weight excluding hydrogens is 220 g/mol. The van der Waals surface area contributed by atoms with Crippen molar-refractivity contribution in [2.45, 2.75) is 17.7 Å². The fraction of sp³-hybridized carbons (Fsp3) is 0.571. The number of nitrogens with two attached hydrogens (primary N) is 1. The molecule has 0 spiro atoms. The first-order valence-corrected chi connectivity index (χ1v) is 6.01. The number of nitrogens with zero attached hydrogens (tertiary/aromatic N) is 2. The number of amides is 1. The monoisotopic (exact) mass is 232 g/mol. The van der Waals surface area contributed by atoms with Gasteiger partial charge in [0.1, 0.15) is 0 Å². The molecule has 5 nitrogen and oxygen atoms in total. The summed E-state index contributed by atoms with van der Waals surface area (Å²) in [6.45, 7) is 2.73. The number of carbonyl (C=O) groups excluding carboxylic acids is 1. The molecule has 0 atom stereocenters. The van der Waals surface area contributed by atoms with Gasteiger partial charge in [0, 0.05) is 6.54 Å². The summed E-state index contributed by atoms with van der Waals surface area (Å²) in [4.78, 5) is 11.2. The molecule has 0 saturated carbocycles. The molecule has 0 aromatic carbocycles. The Morgan fingerprint density at radius 3 is 3.00 bits per heavy atom. The molecule has 0 fully saturated rings. The summed E-state index contributed by atoms with van der Waals surface area (Å²) in [7, 11) is 0. The van der Waals surface area contributed by atoms with E-state index in [0.717, 1.165) is 17.3 Å². The molecule has 0 unspecified atom stereocenters. The molecule has 0 aliphatic heterocycles. The summed E-state index contributed by atoms with van der Waals surface area (Å²) in [5.41, 5.74) is 5.40. The number of thioether (sulfide) groups is 1. The molecule has 3 N–H and O–H groups in total. The zero-order valence-electron chi connectivity index (χ0n) is 7.82. The van der Waals surface area contributed by atoms with Gasteiger partial charge in [-0.15, -0.1) is 10.2 Å². The zero-order valence-corrected chi connectivity index (χ0v) is 9.45. The van der Waals surface area contributed by atoms with Gasteiger partial charge in [0.25, 0.3) is 0 Å². The molecule has 1 aromatic heterocycles. The summed E-state index contributed by atoms with van der Waals surface area (Å²) < 4.78 is 0.731. The first-order valence-electron chi connectivity index (χ1n) is 4.21. The van der Waals surface area contributed by atoms with Crippen LogP contribution in [0, 0.1) is 0 Å².